The molecule has 200 valence electrons. The Morgan fingerprint density at radius 3 is 2.36 bits per heavy atom. The minimum atomic E-state index is -0.926. The molecule has 1 heterocycles. The number of benzene rings is 4. The van der Waals surface area contributed by atoms with E-state index in [0.717, 1.165) is 16.5 Å². The minimum absolute atomic E-state index is 0.0573. The topological polar surface area (TPSA) is 85.3 Å². The van der Waals surface area contributed by atoms with Crippen LogP contribution < -0.4 is 4.74 Å². The second-order valence-corrected chi connectivity index (χ2v) is 9.57. The minimum Gasteiger partial charge on any atom is -0.490 e. The summed E-state index contributed by atoms with van der Waals surface area (Å²) in [7, 11) is 0. The van der Waals surface area contributed by atoms with Gasteiger partial charge in [-0.05, 0) is 58.7 Å². The third-order valence-electron chi connectivity index (χ3n) is 7.01. The van der Waals surface area contributed by atoms with Gasteiger partial charge in [0.1, 0.15) is 19.0 Å². The first-order valence-electron chi connectivity index (χ1n) is 13.1. The first-order valence-corrected chi connectivity index (χ1v) is 13.1. The van der Waals surface area contributed by atoms with Gasteiger partial charge in [-0.1, -0.05) is 66.7 Å². The van der Waals surface area contributed by atoms with Crippen molar-refractivity contribution in [2.24, 2.45) is 0 Å². The third-order valence-corrected chi connectivity index (χ3v) is 7.01. The number of nitrogens with zero attached hydrogens (tertiary/aromatic N) is 1. The zero-order valence-electron chi connectivity index (χ0n) is 21.6. The van der Waals surface area contributed by atoms with E-state index >= 15 is 0 Å². The van der Waals surface area contributed by atoms with E-state index in [-0.39, 0.29) is 31.2 Å². The fraction of sp³-hybridized carbons (Fsp3) is 0.250. The van der Waals surface area contributed by atoms with Crippen molar-refractivity contribution in [3.63, 3.8) is 0 Å². The summed E-state index contributed by atoms with van der Waals surface area (Å²) in [5.41, 5.74) is 2.64. The molecular weight excluding hydrogens is 494 g/mol. The van der Waals surface area contributed by atoms with E-state index in [1.807, 2.05) is 42.5 Å². The van der Waals surface area contributed by atoms with Crippen molar-refractivity contribution in [2.45, 2.75) is 25.0 Å². The Hall–Kier alpha value is -4.36. The maximum absolute atomic E-state index is 12.0. The fourth-order valence-electron chi connectivity index (χ4n) is 4.93. The number of fused-ring (bicyclic) bond motifs is 1. The first-order chi connectivity index (χ1) is 19.1. The maximum Gasteiger partial charge on any atom is 0.407 e. The monoisotopic (exact) mass is 525 g/mol. The van der Waals surface area contributed by atoms with Crippen molar-refractivity contribution in [3.05, 3.63) is 114 Å². The van der Waals surface area contributed by atoms with Gasteiger partial charge >= 0.3 is 12.1 Å². The van der Waals surface area contributed by atoms with Gasteiger partial charge in [-0.25, -0.2) is 9.59 Å². The average molecular weight is 526 g/mol. The van der Waals surface area contributed by atoms with Crippen LogP contribution in [-0.4, -0.2) is 54.5 Å². The van der Waals surface area contributed by atoms with E-state index < -0.39 is 6.09 Å². The van der Waals surface area contributed by atoms with Crippen LogP contribution in [0.2, 0.25) is 0 Å². The molecule has 1 amide bonds. The maximum atomic E-state index is 12.0. The van der Waals surface area contributed by atoms with E-state index in [1.165, 1.54) is 10.3 Å². The molecule has 0 bridgehead atoms. The summed E-state index contributed by atoms with van der Waals surface area (Å²) in [6.07, 6.45) is -0.528. The number of likely N-dealkylation sites (tertiary alicyclic amines) is 1. The molecule has 1 fully saturated rings. The molecule has 4 aromatic carbocycles. The second kappa shape index (κ2) is 12.5. The van der Waals surface area contributed by atoms with Crippen molar-refractivity contribution < 1.29 is 28.9 Å². The summed E-state index contributed by atoms with van der Waals surface area (Å²) >= 11 is 0. The zero-order chi connectivity index (χ0) is 27.0. The third kappa shape index (κ3) is 6.75. The van der Waals surface area contributed by atoms with Gasteiger partial charge in [-0.3, -0.25) is 0 Å². The molecule has 1 aliphatic heterocycles. The fourth-order valence-corrected chi connectivity index (χ4v) is 4.93. The Balaban J connectivity index is 1.18. The second-order valence-electron chi connectivity index (χ2n) is 9.57. The normalized spacial score (nSPS) is 17.1. The Morgan fingerprint density at radius 2 is 1.59 bits per heavy atom. The summed E-state index contributed by atoms with van der Waals surface area (Å²) in [6.45, 7) is 1.57. The molecule has 1 aliphatic rings. The number of carbonyl (C=O) groups is 2. The van der Waals surface area contributed by atoms with Crippen LogP contribution in [0.3, 0.4) is 0 Å². The first kappa shape index (κ1) is 26.3. The van der Waals surface area contributed by atoms with Crippen molar-refractivity contribution in [1.82, 2.24) is 4.90 Å². The number of piperidine rings is 1. The van der Waals surface area contributed by atoms with Gasteiger partial charge in [0.05, 0.1) is 24.8 Å². The molecule has 0 aliphatic carbocycles. The molecule has 0 aromatic heterocycles. The lowest BCUT2D eigenvalue weighted by molar-refractivity contribution is -0.0199. The van der Waals surface area contributed by atoms with Gasteiger partial charge in [0.2, 0.25) is 0 Å². The molecule has 0 radical (unpaired) electrons. The summed E-state index contributed by atoms with van der Waals surface area (Å²) in [4.78, 5) is 25.1. The standard InChI is InChI=1S/C32H31NO6/c34-31(26-7-2-1-3-8-26)38-19-18-37-28-14-12-25(13-15-28)29-16-17-33(32(35)36)21-30(29)39-22-23-10-11-24-6-4-5-9-27(24)20-23/h1-15,20,29-30H,16-19,21-22H2,(H,35,36). The smallest absolute Gasteiger partial charge is 0.407 e. The van der Waals surface area contributed by atoms with Gasteiger partial charge in [0.25, 0.3) is 0 Å². The molecule has 39 heavy (non-hydrogen) atoms. The molecule has 7 nitrogen and oxygen atoms in total. The Kier molecular flexibility index (Phi) is 8.39. The number of esters is 1. The molecular formula is C32H31NO6. The van der Waals surface area contributed by atoms with Gasteiger partial charge < -0.3 is 24.2 Å². The predicted octanol–water partition coefficient (Wildman–Crippen LogP) is 6.13. The van der Waals surface area contributed by atoms with Crippen LogP contribution in [-0.2, 0) is 16.1 Å². The van der Waals surface area contributed by atoms with Crippen LogP contribution in [0.1, 0.15) is 33.8 Å². The van der Waals surface area contributed by atoms with Crippen LogP contribution >= 0.6 is 0 Å². The Labute approximate surface area is 227 Å². The van der Waals surface area contributed by atoms with Crippen LogP contribution in [0.15, 0.2) is 97.1 Å². The molecule has 1 N–H and O–H groups in total. The van der Waals surface area contributed by atoms with Crippen LogP contribution in [0.25, 0.3) is 10.8 Å². The number of carboxylic acid groups (broad SMARTS) is 1. The summed E-state index contributed by atoms with van der Waals surface area (Å²) in [5.74, 6) is 0.352. The summed E-state index contributed by atoms with van der Waals surface area (Å²) < 4.78 is 17.4. The van der Waals surface area contributed by atoms with Crippen LogP contribution in [0, 0.1) is 0 Å². The summed E-state index contributed by atoms with van der Waals surface area (Å²) in [6, 6.07) is 31.1. The molecule has 5 rings (SSSR count). The van der Waals surface area contributed by atoms with Gasteiger partial charge in [0.15, 0.2) is 0 Å². The van der Waals surface area contributed by atoms with E-state index in [0.29, 0.717) is 37.4 Å². The lowest BCUT2D eigenvalue weighted by atomic mass is 9.87. The van der Waals surface area contributed by atoms with Crippen molar-refractivity contribution in [3.8, 4) is 5.75 Å². The quantitative estimate of drug-likeness (QED) is 0.209. The molecule has 2 unspecified atom stereocenters. The van der Waals surface area contributed by atoms with Crippen molar-refractivity contribution >= 4 is 22.8 Å². The Bertz CT molecular complexity index is 1410. The lowest BCUT2D eigenvalue weighted by Gasteiger charge is -2.37. The van der Waals surface area contributed by atoms with Crippen molar-refractivity contribution in [1.29, 1.82) is 0 Å². The number of amides is 1. The molecule has 0 spiro atoms. The highest BCUT2D eigenvalue weighted by atomic mass is 16.6. The van der Waals surface area contributed by atoms with Crippen LogP contribution in [0.5, 0.6) is 5.75 Å². The summed E-state index contributed by atoms with van der Waals surface area (Å²) in [5, 5.41) is 11.9. The van der Waals surface area contributed by atoms with E-state index in [1.54, 1.807) is 24.3 Å². The zero-order valence-corrected chi connectivity index (χ0v) is 21.6. The SMILES string of the molecule is O=C(OCCOc1ccc(C2CCN(C(=O)O)CC2OCc2ccc3ccccc3c2)cc1)c1ccccc1. The average Bonchev–Trinajstić information content (AvgIpc) is 2.98. The van der Waals surface area contributed by atoms with E-state index in [9.17, 15) is 14.7 Å². The molecule has 1 saturated heterocycles. The van der Waals surface area contributed by atoms with E-state index in [2.05, 4.69) is 30.3 Å². The number of ether oxygens (including phenoxy) is 3. The van der Waals surface area contributed by atoms with Crippen molar-refractivity contribution in [2.75, 3.05) is 26.3 Å². The molecule has 4 aromatic rings. The number of hydrogen-bond donors (Lipinski definition) is 1. The molecule has 0 saturated carbocycles. The Morgan fingerprint density at radius 1 is 0.846 bits per heavy atom. The number of hydrogen-bond acceptors (Lipinski definition) is 5. The highest BCUT2D eigenvalue weighted by molar-refractivity contribution is 5.89. The highest BCUT2D eigenvalue weighted by Gasteiger charge is 2.33. The van der Waals surface area contributed by atoms with Gasteiger partial charge in [0, 0.05) is 12.5 Å². The lowest BCUT2D eigenvalue weighted by Crippen LogP contribution is -2.46. The highest BCUT2D eigenvalue weighted by Crippen LogP contribution is 2.32. The van der Waals surface area contributed by atoms with E-state index in [4.69, 9.17) is 14.2 Å². The van der Waals surface area contributed by atoms with Gasteiger partial charge in [-0.2, -0.15) is 0 Å². The van der Waals surface area contributed by atoms with Gasteiger partial charge in [-0.15, -0.1) is 0 Å². The largest absolute Gasteiger partial charge is 0.490 e. The molecule has 7 heteroatoms. The number of rotatable bonds is 9. The van der Waals surface area contributed by atoms with Crippen LogP contribution in [0.4, 0.5) is 4.79 Å². The number of carbonyl (C=O) groups excluding carboxylic acids is 1. The predicted molar refractivity (Wildman–Crippen MR) is 148 cm³/mol. The molecule has 2 atom stereocenters.